The number of aryl methyl sites for hydroxylation is 1. The van der Waals surface area contributed by atoms with Crippen LogP contribution in [0.3, 0.4) is 0 Å². The highest BCUT2D eigenvalue weighted by Crippen LogP contribution is 2.24. The average molecular weight is 407 g/mol. The molecule has 0 unspecified atom stereocenters. The minimum atomic E-state index is -0.155. The normalized spacial score (nSPS) is 10.7. The van der Waals surface area contributed by atoms with Crippen molar-refractivity contribution in [2.75, 3.05) is 19.3 Å². The first kappa shape index (κ1) is 20.6. The van der Waals surface area contributed by atoms with E-state index in [4.69, 9.17) is 5.26 Å². The van der Waals surface area contributed by atoms with Crippen molar-refractivity contribution >= 4 is 28.6 Å². The van der Waals surface area contributed by atoms with E-state index < -0.39 is 0 Å². The number of carbonyl (C=O) groups is 1. The highest BCUT2D eigenvalue weighted by atomic mass is 32.2. The summed E-state index contributed by atoms with van der Waals surface area (Å²) < 4.78 is 1.60. The minimum Gasteiger partial charge on any atom is -0.344 e. The summed E-state index contributed by atoms with van der Waals surface area (Å²) in [4.78, 5) is 31.9. The smallest absolute Gasteiger partial charge is 0.266 e. The zero-order valence-electron chi connectivity index (χ0n) is 16.7. The standard InChI is InChI=1S/C22H22N4O2S/c1-15-8-6-11-19(16(15)2)26-21(28)17-9-4-5-10-18(17)24-22(26)29-14-20(27)25(3)13-7-12-23/h4-6,8-11H,7,13-14H2,1-3H3. The molecule has 2 aromatic carbocycles. The van der Waals surface area contributed by atoms with Gasteiger partial charge in [-0.3, -0.25) is 14.2 Å². The summed E-state index contributed by atoms with van der Waals surface area (Å²) in [6, 6.07) is 15.1. The number of fused-ring (bicyclic) bond motifs is 1. The summed E-state index contributed by atoms with van der Waals surface area (Å²) in [5, 5.41) is 9.72. The quantitative estimate of drug-likeness (QED) is 0.463. The average Bonchev–Trinajstić information content (AvgIpc) is 2.72. The van der Waals surface area contributed by atoms with Crippen LogP contribution in [0.4, 0.5) is 0 Å². The summed E-state index contributed by atoms with van der Waals surface area (Å²) in [5.41, 5.74) is 3.28. The minimum absolute atomic E-state index is 0.111. The van der Waals surface area contributed by atoms with E-state index in [9.17, 15) is 9.59 Å². The molecule has 1 heterocycles. The summed E-state index contributed by atoms with van der Waals surface area (Å²) in [6.07, 6.45) is 0.286. The molecule has 0 aliphatic rings. The van der Waals surface area contributed by atoms with E-state index in [1.54, 1.807) is 23.7 Å². The van der Waals surface area contributed by atoms with Gasteiger partial charge in [-0.25, -0.2) is 4.98 Å². The molecule has 0 spiro atoms. The number of hydrogen-bond donors (Lipinski definition) is 0. The van der Waals surface area contributed by atoms with Gasteiger partial charge in [0.05, 0.1) is 34.8 Å². The lowest BCUT2D eigenvalue weighted by molar-refractivity contribution is -0.127. The Morgan fingerprint density at radius 3 is 2.72 bits per heavy atom. The number of aromatic nitrogens is 2. The molecule has 0 fully saturated rings. The van der Waals surface area contributed by atoms with Crippen molar-refractivity contribution in [1.82, 2.24) is 14.5 Å². The Kier molecular flexibility index (Phi) is 6.35. The van der Waals surface area contributed by atoms with Crippen LogP contribution in [0.2, 0.25) is 0 Å². The number of nitrogens with zero attached hydrogens (tertiary/aromatic N) is 4. The van der Waals surface area contributed by atoms with Crippen LogP contribution in [0, 0.1) is 25.2 Å². The molecule has 0 aliphatic heterocycles. The maximum Gasteiger partial charge on any atom is 0.266 e. The van der Waals surface area contributed by atoms with Gasteiger partial charge >= 0.3 is 0 Å². The van der Waals surface area contributed by atoms with Gasteiger partial charge in [0, 0.05) is 13.6 Å². The maximum atomic E-state index is 13.3. The van der Waals surface area contributed by atoms with Crippen molar-refractivity contribution in [3.05, 3.63) is 63.9 Å². The lowest BCUT2D eigenvalue weighted by atomic mass is 10.1. The number of para-hydroxylation sites is 1. The summed E-state index contributed by atoms with van der Waals surface area (Å²) in [5.74, 6) is 0.0255. The van der Waals surface area contributed by atoms with Gasteiger partial charge < -0.3 is 4.90 Å². The SMILES string of the molecule is Cc1cccc(-n2c(SCC(=O)N(C)CCC#N)nc3ccccc3c2=O)c1C. The number of benzene rings is 2. The fraction of sp³-hybridized carbons (Fsp3) is 0.273. The molecule has 0 saturated carbocycles. The maximum absolute atomic E-state index is 13.3. The second kappa shape index (κ2) is 8.93. The van der Waals surface area contributed by atoms with Crippen LogP contribution in [0.5, 0.6) is 0 Å². The lowest BCUT2D eigenvalue weighted by Gasteiger charge is -2.18. The van der Waals surface area contributed by atoms with Crippen molar-refractivity contribution < 1.29 is 4.79 Å². The molecule has 0 bridgehead atoms. The molecule has 1 aromatic heterocycles. The van der Waals surface area contributed by atoms with E-state index in [0.29, 0.717) is 22.6 Å². The molecule has 29 heavy (non-hydrogen) atoms. The number of thioether (sulfide) groups is 1. The van der Waals surface area contributed by atoms with E-state index in [1.807, 2.05) is 50.2 Å². The van der Waals surface area contributed by atoms with E-state index >= 15 is 0 Å². The Bertz CT molecular complexity index is 1160. The Labute approximate surface area is 173 Å². The van der Waals surface area contributed by atoms with Crippen molar-refractivity contribution in [2.24, 2.45) is 0 Å². The summed E-state index contributed by atoms with van der Waals surface area (Å²) >= 11 is 1.23. The monoisotopic (exact) mass is 406 g/mol. The van der Waals surface area contributed by atoms with E-state index in [0.717, 1.165) is 16.8 Å². The number of nitriles is 1. The van der Waals surface area contributed by atoms with Gasteiger partial charge in [0.15, 0.2) is 5.16 Å². The van der Waals surface area contributed by atoms with Crippen LogP contribution < -0.4 is 5.56 Å². The van der Waals surface area contributed by atoms with Crippen LogP contribution >= 0.6 is 11.8 Å². The van der Waals surface area contributed by atoms with Crippen molar-refractivity contribution in [1.29, 1.82) is 5.26 Å². The first-order valence-electron chi connectivity index (χ1n) is 9.26. The Morgan fingerprint density at radius 1 is 1.21 bits per heavy atom. The molecule has 6 nitrogen and oxygen atoms in total. The van der Waals surface area contributed by atoms with Crippen LogP contribution in [-0.2, 0) is 4.79 Å². The first-order valence-corrected chi connectivity index (χ1v) is 10.2. The highest BCUT2D eigenvalue weighted by Gasteiger charge is 2.17. The zero-order chi connectivity index (χ0) is 21.0. The predicted octanol–water partition coefficient (Wildman–Crippen LogP) is 3.47. The largest absolute Gasteiger partial charge is 0.344 e. The predicted molar refractivity (Wildman–Crippen MR) is 115 cm³/mol. The zero-order valence-corrected chi connectivity index (χ0v) is 17.5. The van der Waals surface area contributed by atoms with E-state index in [-0.39, 0.29) is 23.6 Å². The molecule has 3 aromatic rings. The molecule has 0 radical (unpaired) electrons. The number of rotatable bonds is 6. The van der Waals surface area contributed by atoms with Crippen LogP contribution in [-0.4, -0.2) is 39.7 Å². The molecular weight excluding hydrogens is 384 g/mol. The molecule has 1 amide bonds. The second-order valence-electron chi connectivity index (χ2n) is 6.78. The van der Waals surface area contributed by atoms with Crippen LogP contribution in [0.15, 0.2) is 52.4 Å². The van der Waals surface area contributed by atoms with E-state index in [1.165, 1.54) is 16.7 Å². The molecule has 0 aliphatic carbocycles. The van der Waals surface area contributed by atoms with Crippen molar-refractivity contribution in [3.8, 4) is 11.8 Å². The number of amides is 1. The summed E-state index contributed by atoms with van der Waals surface area (Å²) in [6.45, 7) is 4.35. The molecule has 7 heteroatoms. The molecular formula is C22H22N4O2S. The fourth-order valence-electron chi connectivity index (χ4n) is 2.98. The third-order valence-electron chi connectivity index (χ3n) is 4.87. The number of hydrogen-bond acceptors (Lipinski definition) is 5. The fourth-order valence-corrected chi connectivity index (χ4v) is 3.92. The molecule has 0 saturated heterocycles. The van der Waals surface area contributed by atoms with Gasteiger partial charge in [-0.1, -0.05) is 36.0 Å². The Morgan fingerprint density at radius 2 is 1.97 bits per heavy atom. The third kappa shape index (κ3) is 4.33. The molecule has 0 N–H and O–H groups in total. The Hall–Kier alpha value is -3.11. The summed E-state index contributed by atoms with van der Waals surface area (Å²) in [7, 11) is 1.67. The molecule has 148 valence electrons. The van der Waals surface area contributed by atoms with Gasteiger partial charge in [-0.2, -0.15) is 5.26 Å². The topological polar surface area (TPSA) is 79.0 Å². The van der Waals surface area contributed by atoms with Gasteiger partial charge in [0.25, 0.3) is 5.56 Å². The third-order valence-corrected chi connectivity index (χ3v) is 5.79. The second-order valence-corrected chi connectivity index (χ2v) is 7.73. The van der Waals surface area contributed by atoms with Gasteiger partial charge in [0.2, 0.25) is 5.91 Å². The lowest BCUT2D eigenvalue weighted by Crippen LogP contribution is -2.29. The Balaban J connectivity index is 2.06. The van der Waals surface area contributed by atoms with Gasteiger partial charge in [0.1, 0.15) is 0 Å². The van der Waals surface area contributed by atoms with E-state index in [2.05, 4.69) is 4.98 Å². The van der Waals surface area contributed by atoms with Crippen LogP contribution in [0.25, 0.3) is 16.6 Å². The number of carbonyl (C=O) groups excluding carboxylic acids is 1. The molecule has 0 atom stereocenters. The highest BCUT2D eigenvalue weighted by molar-refractivity contribution is 7.99. The van der Waals surface area contributed by atoms with Crippen molar-refractivity contribution in [2.45, 2.75) is 25.4 Å². The van der Waals surface area contributed by atoms with Crippen LogP contribution in [0.1, 0.15) is 17.5 Å². The first-order chi connectivity index (χ1) is 13.9. The van der Waals surface area contributed by atoms with Gasteiger partial charge in [-0.05, 0) is 43.2 Å². The molecule has 3 rings (SSSR count). The van der Waals surface area contributed by atoms with Gasteiger partial charge in [-0.15, -0.1) is 0 Å². The van der Waals surface area contributed by atoms with Crippen molar-refractivity contribution in [3.63, 3.8) is 0 Å².